The highest BCUT2D eigenvalue weighted by atomic mass is 35.5. The van der Waals surface area contributed by atoms with Gasteiger partial charge in [0.05, 0.1) is 11.8 Å². The van der Waals surface area contributed by atoms with Gasteiger partial charge in [0.25, 0.3) is 0 Å². The minimum Gasteiger partial charge on any atom is -0.345 e. The smallest absolute Gasteiger partial charge is 0.345 e. The number of hydrogen-bond acceptors (Lipinski definition) is 4. The summed E-state index contributed by atoms with van der Waals surface area (Å²) in [6.07, 6.45) is -2.07. The Balaban J connectivity index is 1.74. The van der Waals surface area contributed by atoms with Gasteiger partial charge in [-0.1, -0.05) is 11.6 Å². The van der Waals surface area contributed by atoms with Gasteiger partial charge in [-0.25, -0.2) is 9.97 Å². The molecular formula is C15H15ClF3N3OS. The fourth-order valence-corrected chi connectivity index (χ4v) is 4.57. The first kappa shape index (κ1) is 17.4. The summed E-state index contributed by atoms with van der Waals surface area (Å²) in [5, 5.41) is 1.25. The van der Waals surface area contributed by atoms with E-state index in [2.05, 4.69) is 9.97 Å². The van der Waals surface area contributed by atoms with Gasteiger partial charge in [0, 0.05) is 24.4 Å². The summed E-state index contributed by atoms with van der Waals surface area (Å²) in [6, 6.07) is 0. The molecule has 0 saturated carbocycles. The molecule has 3 rings (SSSR count). The standard InChI is InChI=1S/C15H15ClF3N3OS/c1-22(5-4-15(17,18)19)14(23)8-2-3-9-10(6-8)24-13-11(9)12(16)20-7-21-13/h7-8H,2-6H2,1H3/t8-/m0/s1. The van der Waals surface area contributed by atoms with Gasteiger partial charge in [0.15, 0.2) is 0 Å². The second-order valence-electron chi connectivity index (χ2n) is 5.91. The van der Waals surface area contributed by atoms with E-state index in [1.807, 2.05) is 0 Å². The topological polar surface area (TPSA) is 46.1 Å². The number of nitrogens with zero attached hydrogens (tertiary/aromatic N) is 3. The Labute approximate surface area is 145 Å². The molecule has 24 heavy (non-hydrogen) atoms. The fraction of sp³-hybridized carbons (Fsp3) is 0.533. The quantitative estimate of drug-likeness (QED) is 0.763. The molecule has 1 aliphatic carbocycles. The molecule has 0 N–H and O–H groups in total. The highest BCUT2D eigenvalue weighted by Gasteiger charge is 2.32. The number of aromatic nitrogens is 2. The lowest BCUT2D eigenvalue weighted by Gasteiger charge is -2.27. The van der Waals surface area contributed by atoms with Crippen LogP contribution < -0.4 is 0 Å². The number of halogens is 4. The monoisotopic (exact) mass is 377 g/mol. The number of thiophene rings is 1. The van der Waals surface area contributed by atoms with Gasteiger partial charge in [-0.15, -0.1) is 11.3 Å². The molecule has 0 saturated heterocycles. The number of fused-ring (bicyclic) bond motifs is 3. The van der Waals surface area contributed by atoms with Gasteiger partial charge in [0.1, 0.15) is 16.3 Å². The Hall–Kier alpha value is -1.41. The zero-order valence-electron chi connectivity index (χ0n) is 12.9. The maximum absolute atomic E-state index is 12.4. The first-order valence-corrected chi connectivity index (χ1v) is 8.68. The van der Waals surface area contributed by atoms with Crippen LogP contribution in [0.5, 0.6) is 0 Å². The summed E-state index contributed by atoms with van der Waals surface area (Å²) in [6.45, 7) is -0.310. The average Bonchev–Trinajstić information content (AvgIpc) is 2.89. The maximum atomic E-state index is 12.4. The van der Waals surface area contributed by atoms with E-state index in [1.54, 1.807) is 0 Å². The third kappa shape index (κ3) is 3.49. The van der Waals surface area contributed by atoms with Crippen molar-refractivity contribution in [1.82, 2.24) is 14.9 Å². The lowest BCUT2D eigenvalue weighted by molar-refractivity contribution is -0.146. The average molecular weight is 378 g/mol. The van der Waals surface area contributed by atoms with E-state index >= 15 is 0 Å². The van der Waals surface area contributed by atoms with E-state index in [0.717, 1.165) is 20.7 Å². The predicted molar refractivity (Wildman–Crippen MR) is 86.2 cm³/mol. The minimum atomic E-state index is -4.25. The Kier molecular flexibility index (Phi) is 4.70. The molecule has 130 valence electrons. The predicted octanol–water partition coefficient (Wildman–Crippen LogP) is 3.86. The summed E-state index contributed by atoms with van der Waals surface area (Å²) in [4.78, 5) is 23.6. The molecule has 0 unspecified atom stereocenters. The summed E-state index contributed by atoms with van der Waals surface area (Å²) in [5.41, 5.74) is 1.07. The van der Waals surface area contributed by atoms with Gasteiger partial charge in [-0.2, -0.15) is 13.2 Å². The van der Waals surface area contributed by atoms with Crippen LogP contribution >= 0.6 is 22.9 Å². The minimum absolute atomic E-state index is 0.237. The Morgan fingerprint density at radius 2 is 2.21 bits per heavy atom. The summed E-state index contributed by atoms with van der Waals surface area (Å²) in [5.74, 6) is -0.532. The van der Waals surface area contributed by atoms with Crippen molar-refractivity contribution in [2.24, 2.45) is 5.92 Å². The molecule has 0 bridgehead atoms. The first-order chi connectivity index (χ1) is 11.3. The highest BCUT2D eigenvalue weighted by Crippen LogP contribution is 2.39. The molecule has 0 spiro atoms. The summed E-state index contributed by atoms with van der Waals surface area (Å²) >= 11 is 7.62. The van der Waals surface area contributed by atoms with E-state index in [4.69, 9.17) is 11.6 Å². The second kappa shape index (κ2) is 6.48. The van der Waals surface area contributed by atoms with Crippen molar-refractivity contribution < 1.29 is 18.0 Å². The molecule has 9 heteroatoms. The zero-order chi connectivity index (χ0) is 17.5. The summed E-state index contributed by atoms with van der Waals surface area (Å²) < 4.78 is 36.9. The van der Waals surface area contributed by atoms with Gasteiger partial charge in [-0.3, -0.25) is 4.79 Å². The molecular weight excluding hydrogens is 363 g/mol. The number of rotatable bonds is 3. The molecule has 1 aliphatic rings. The molecule has 2 aromatic heterocycles. The maximum Gasteiger partial charge on any atom is 0.390 e. The van der Waals surface area contributed by atoms with Crippen LogP contribution in [0.1, 0.15) is 23.3 Å². The van der Waals surface area contributed by atoms with E-state index in [0.29, 0.717) is 24.4 Å². The van der Waals surface area contributed by atoms with Crippen LogP contribution in [0.4, 0.5) is 13.2 Å². The molecule has 0 aliphatic heterocycles. The van der Waals surface area contributed by atoms with Crippen molar-refractivity contribution in [3.63, 3.8) is 0 Å². The van der Waals surface area contributed by atoms with Gasteiger partial charge < -0.3 is 4.90 Å². The lowest BCUT2D eigenvalue weighted by Crippen LogP contribution is -2.37. The van der Waals surface area contributed by atoms with E-state index < -0.39 is 12.6 Å². The van der Waals surface area contributed by atoms with Crippen molar-refractivity contribution in [2.45, 2.75) is 31.9 Å². The molecule has 2 aromatic rings. The van der Waals surface area contributed by atoms with Crippen LogP contribution in [0.2, 0.25) is 5.15 Å². The van der Waals surface area contributed by atoms with Crippen molar-refractivity contribution in [3.8, 4) is 0 Å². The molecule has 0 radical (unpaired) electrons. The number of aryl methyl sites for hydroxylation is 1. The van der Waals surface area contributed by atoms with Gasteiger partial charge in [0.2, 0.25) is 5.91 Å². The number of carbonyl (C=O) groups is 1. The molecule has 4 nitrogen and oxygen atoms in total. The van der Waals surface area contributed by atoms with Crippen molar-refractivity contribution in [1.29, 1.82) is 0 Å². The molecule has 2 heterocycles. The first-order valence-electron chi connectivity index (χ1n) is 7.48. The van der Waals surface area contributed by atoms with E-state index in [-0.39, 0.29) is 18.4 Å². The Morgan fingerprint density at radius 1 is 1.46 bits per heavy atom. The number of amides is 1. The van der Waals surface area contributed by atoms with Crippen LogP contribution in [0, 0.1) is 5.92 Å². The van der Waals surface area contributed by atoms with Crippen molar-refractivity contribution >= 4 is 39.1 Å². The third-order valence-corrected chi connectivity index (χ3v) is 5.70. The Bertz CT molecular complexity index is 777. The van der Waals surface area contributed by atoms with E-state index in [1.165, 1.54) is 29.6 Å². The van der Waals surface area contributed by atoms with Gasteiger partial charge >= 0.3 is 6.18 Å². The molecule has 1 atom stereocenters. The zero-order valence-corrected chi connectivity index (χ0v) is 14.4. The SMILES string of the molecule is CN(CCC(F)(F)F)C(=O)[C@H]1CCc2c(sc3ncnc(Cl)c23)C1. The van der Waals surface area contributed by atoms with Crippen LogP contribution in [0.3, 0.4) is 0 Å². The van der Waals surface area contributed by atoms with Crippen molar-refractivity contribution in [3.05, 3.63) is 21.9 Å². The molecule has 0 aromatic carbocycles. The fourth-order valence-electron chi connectivity index (χ4n) is 3.00. The number of alkyl halides is 3. The van der Waals surface area contributed by atoms with E-state index in [9.17, 15) is 18.0 Å². The van der Waals surface area contributed by atoms with Crippen LogP contribution in [-0.4, -0.2) is 40.5 Å². The Morgan fingerprint density at radius 3 is 2.92 bits per heavy atom. The lowest BCUT2D eigenvalue weighted by atomic mass is 9.87. The normalized spacial score (nSPS) is 17.8. The highest BCUT2D eigenvalue weighted by molar-refractivity contribution is 7.19. The third-order valence-electron chi connectivity index (χ3n) is 4.26. The largest absolute Gasteiger partial charge is 0.390 e. The van der Waals surface area contributed by atoms with Crippen molar-refractivity contribution in [2.75, 3.05) is 13.6 Å². The molecule has 1 amide bonds. The van der Waals surface area contributed by atoms with Gasteiger partial charge in [-0.05, 0) is 24.8 Å². The van der Waals surface area contributed by atoms with Crippen LogP contribution in [0.15, 0.2) is 6.33 Å². The van der Waals surface area contributed by atoms with Crippen LogP contribution in [-0.2, 0) is 17.6 Å². The number of hydrogen-bond donors (Lipinski definition) is 0. The molecule has 0 fully saturated rings. The second-order valence-corrected chi connectivity index (χ2v) is 7.35. The number of carbonyl (C=O) groups excluding carboxylic acids is 1. The van der Waals surface area contributed by atoms with Crippen LogP contribution in [0.25, 0.3) is 10.2 Å². The summed E-state index contributed by atoms with van der Waals surface area (Å²) in [7, 11) is 1.43.